The Bertz CT molecular complexity index is 1090. The molecule has 1 saturated carbocycles. The molecule has 0 unspecified atom stereocenters. The summed E-state index contributed by atoms with van der Waals surface area (Å²) in [6, 6.07) is 11.0. The minimum absolute atomic E-state index is 0.155. The largest absolute Gasteiger partial charge is 0.469 e. The van der Waals surface area contributed by atoms with E-state index in [9.17, 15) is 22.8 Å². The molecule has 1 saturated heterocycles. The number of hydrogen-bond donors (Lipinski definition) is 0. The van der Waals surface area contributed by atoms with E-state index in [0.717, 1.165) is 24.6 Å². The Labute approximate surface area is 183 Å². The van der Waals surface area contributed by atoms with Crippen molar-refractivity contribution in [2.24, 2.45) is 5.92 Å². The van der Waals surface area contributed by atoms with Crippen LogP contribution in [0.4, 0.5) is 30.2 Å². The lowest BCUT2D eigenvalue weighted by atomic mass is 9.79. The van der Waals surface area contributed by atoms with Gasteiger partial charge in [-0.15, -0.1) is 0 Å². The molecule has 2 heterocycles. The number of ether oxygens (including phenoxy) is 1. The van der Waals surface area contributed by atoms with E-state index >= 15 is 0 Å². The topological polar surface area (TPSA) is 49.9 Å². The molecule has 32 heavy (non-hydrogen) atoms. The van der Waals surface area contributed by atoms with E-state index in [4.69, 9.17) is 4.74 Å². The van der Waals surface area contributed by atoms with Crippen molar-refractivity contribution in [1.82, 2.24) is 0 Å². The second-order valence-electron chi connectivity index (χ2n) is 8.80. The number of carbonyl (C=O) groups excluding carboxylic acids is 2. The van der Waals surface area contributed by atoms with Gasteiger partial charge in [0, 0.05) is 18.8 Å². The van der Waals surface area contributed by atoms with Crippen molar-refractivity contribution in [3.63, 3.8) is 0 Å². The molecule has 5 rings (SSSR count). The summed E-state index contributed by atoms with van der Waals surface area (Å²) in [7, 11) is 1.37. The van der Waals surface area contributed by atoms with Crippen molar-refractivity contribution in [2.45, 2.75) is 37.3 Å². The van der Waals surface area contributed by atoms with Gasteiger partial charge >= 0.3 is 12.1 Å². The maximum Gasteiger partial charge on any atom is 0.416 e. The van der Waals surface area contributed by atoms with Crippen molar-refractivity contribution >= 4 is 28.9 Å². The molecule has 3 aliphatic rings. The van der Waals surface area contributed by atoms with Crippen LogP contribution in [0.15, 0.2) is 42.5 Å². The number of rotatable bonds is 3. The zero-order valence-corrected chi connectivity index (χ0v) is 17.6. The SMILES string of the molecule is COC(=O)C1CN(c2cccc(N3C(=O)C4(CCCC4)c4cc(C(F)(F)F)ccc43)c2)C1. The first-order valence-electron chi connectivity index (χ1n) is 10.7. The van der Waals surface area contributed by atoms with Crippen LogP contribution in [-0.2, 0) is 25.9 Å². The first kappa shape index (κ1) is 20.8. The summed E-state index contributed by atoms with van der Waals surface area (Å²) in [5, 5.41) is 0. The summed E-state index contributed by atoms with van der Waals surface area (Å²) in [5.41, 5.74) is 0.878. The van der Waals surface area contributed by atoms with Gasteiger partial charge in [0.15, 0.2) is 0 Å². The van der Waals surface area contributed by atoms with Gasteiger partial charge in [-0.05, 0) is 54.8 Å². The highest BCUT2D eigenvalue weighted by molar-refractivity contribution is 6.13. The maximum absolute atomic E-state index is 13.7. The molecule has 0 atom stereocenters. The number of nitrogens with zero attached hydrogens (tertiary/aromatic N) is 2. The van der Waals surface area contributed by atoms with Crippen molar-refractivity contribution in [2.75, 3.05) is 30.0 Å². The lowest BCUT2D eigenvalue weighted by Crippen LogP contribution is -2.50. The fourth-order valence-electron chi connectivity index (χ4n) is 5.28. The predicted octanol–water partition coefficient (Wildman–Crippen LogP) is 4.80. The van der Waals surface area contributed by atoms with Crippen molar-refractivity contribution in [3.05, 3.63) is 53.6 Å². The van der Waals surface area contributed by atoms with Crippen molar-refractivity contribution < 1.29 is 27.5 Å². The molecule has 8 heteroatoms. The van der Waals surface area contributed by atoms with E-state index in [1.54, 1.807) is 11.0 Å². The number of carbonyl (C=O) groups is 2. The highest BCUT2D eigenvalue weighted by Crippen LogP contribution is 2.54. The number of halogens is 3. The summed E-state index contributed by atoms with van der Waals surface area (Å²) >= 11 is 0. The fourth-order valence-corrected chi connectivity index (χ4v) is 5.28. The molecule has 0 radical (unpaired) electrons. The molecule has 0 aromatic heterocycles. The molecule has 2 aromatic carbocycles. The normalized spacial score (nSPS) is 19.9. The van der Waals surface area contributed by atoms with Crippen LogP contribution in [0.3, 0.4) is 0 Å². The Morgan fingerprint density at radius 1 is 1.06 bits per heavy atom. The van der Waals surface area contributed by atoms with E-state index in [0.29, 0.717) is 42.9 Å². The molecule has 1 aliphatic carbocycles. The molecule has 168 valence electrons. The van der Waals surface area contributed by atoms with E-state index in [-0.39, 0.29) is 17.8 Å². The Hall–Kier alpha value is -3.03. The van der Waals surface area contributed by atoms with Crippen molar-refractivity contribution in [1.29, 1.82) is 0 Å². The zero-order valence-electron chi connectivity index (χ0n) is 17.6. The van der Waals surface area contributed by atoms with Crippen molar-refractivity contribution in [3.8, 4) is 0 Å². The van der Waals surface area contributed by atoms with Crippen LogP contribution >= 0.6 is 0 Å². The van der Waals surface area contributed by atoms with Gasteiger partial charge in [-0.25, -0.2) is 0 Å². The number of methoxy groups -OCH3 is 1. The van der Waals surface area contributed by atoms with Gasteiger partial charge < -0.3 is 9.64 Å². The summed E-state index contributed by atoms with van der Waals surface area (Å²) in [5.74, 6) is -0.581. The Kier molecular flexibility index (Phi) is 4.72. The van der Waals surface area contributed by atoms with E-state index in [1.807, 2.05) is 23.1 Å². The van der Waals surface area contributed by atoms with Gasteiger partial charge in [-0.3, -0.25) is 14.5 Å². The Morgan fingerprint density at radius 2 is 1.75 bits per heavy atom. The van der Waals surface area contributed by atoms with Crippen LogP contribution in [-0.4, -0.2) is 32.1 Å². The predicted molar refractivity (Wildman–Crippen MR) is 113 cm³/mol. The zero-order chi connectivity index (χ0) is 22.7. The summed E-state index contributed by atoms with van der Waals surface area (Å²) < 4.78 is 45.0. The number of esters is 1. The molecule has 1 spiro atoms. The fraction of sp³-hybridized carbons (Fsp3) is 0.417. The quantitative estimate of drug-likeness (QED) is 0.638. The van der Waals surface area contributed by atoms with Crippen LogP contribution in [0, 0.1) is 5.92 Å². The molecule has 1 amide bonds. The van der Waals surface area contributed by atoms with E-state index < -0.39 is 17.2 Å². The van der Waals surface area contributed by atoms with Crippen LogP contribution in [0.1, 0.15) is 36.8 Å². The van der Waals surface area contributed by atoms with Gasteiger partial charge in [0.1, 0.15) is 0 Å². The minimum atomic E-state index is -4.46. The number of alkyl halides is 3. The van der Waals surface area contributed by atoms with Gasteiger partial charge in [0.05, 0.1) is 35.4 Å². The second kappa shape index (κ2) is 7.25. The van der Waals surface area contributed by atoms with Crippen LogP contribution in [0.5, 0.6) is 0 Å². The molecule has 5 nitrogen and oxygen atoms in total. The molecule has 2 fully saturated rings. The van der Waals surface area contributed by atoms with Gasteiger partial charge in [-0.2, -0.15) is 13.2 Å². The maximum atomic E-state index is 13.7. The third-order valence-corrected chi connectivity index (χ3v) is 7.02. The Morgan fingerprint density at radius 3 is 2.41 bits per heavy atom. The van der Waals surface area contributed by atoms with Gasteiger partial charge in [-0.1, -0.05) is 18.9 Å². The standard InChI is InChI=1S/C24H23F3N2O3/c1-32-21(30)15-13-28(14-15)17-5-4-6-18(12-17)29-20-8-7-16(24(25,26)27)11-19(20)23(22(29)31)9-2-3-10-23/h4-8,11-12,15H,2-3,9-10,13-14H2,1H3. The first-order valence-corrected chi connectivity index (χ1v) is 10.7. The molecular weight excluding hydrogens is 421 g/mol. The lowest BCUT2D eigenvalue weighted by Gasteiger charge is -2.39. The van der Waals surface area contributed by atoms with E-state index in [2.05, 4.69) is 0 Å². The summed E-state index contributed by atoms with van der Waals surface area (Å²) in [4.78, 5) is 28.9. The second-order valence-corrected chi connectivity index (χ2v) is 8.80. The number of fused-ring (bicyclic) bond motifs is 2. The summed E-state index contributed by atoms with van der Waals surface area (Å²) in [6.45, 7) is 1.05. The molecule has 0 N–H and O–H groups in total. The molecule has 2 aromatic rings. The summed E-state index contributed by atoms with van der Waals surface area (Å²) in [6.07, 6.45) is -1.71. The smallest absolute Gasteiger partial charge is 0.416 e. The molecule has 2 aliphatic heterocycles. The Balaban J connectivity index is 1.52. The van der Waals surface area contributed by atoms with Crippen LogP contribution in [0.25, 0.3) is 0 Å². The average molecular weight is 444 g/mol. The third-order valence-electron chi connectivity index (χ3n) is 7.02. The molecular formula is C24H23F3N2O3. The molecule has 0 bridgehead atoms. The number of amides is 1. The lowest BCUT2D eigenvalue weighted by molar-refractivity contribution is -0.146. The average Bonchev–Trinajstić information content (AvgIpc) is 3.31. The van der Waals surface area contributed by atoms with Crippen LogP contribution < -0.4 is 9.80 Å². The monoisotopic (exact) mass is 444 g/mol. The number of benzene rings is 2. The van der Waals surface area contributed by atoms with Gasteiger partial charge in [0.2, 0.25) is 5.91 Å². The first-order chi connectivity index (χ1) is 15.2. The highest BCUT2D eigenvalue weighted by atomic mass is 19.4. The highest BCUT2D eigenvalue weighted by Gasteiger charge is 2.53. The number of anilines is 3. The minimum Gasteiger partial charge on any atom is -0.469 e. The third kappa shape index (κ3) is 3.07. The van der Waals surface area contributed by atoms with Crippen LogP contribution in [0.2, 0.25) is 0 Å². The van der Waals surface area contributed by atoms with Gasteiger partial charge in [0.25, 0.3) is 0 Å². The number of hydrogen-bond acceptors (Lipinski definition) is 4. The van der Waals surface area contributed by atoms with E-state index in [1.165, 1.54) is 19.2 Å².